The Kier molecular flexibility index (Phi) is 4.26. The summed E-state index contributed by atoms with van der Waals surface area (Å²) in [5, 5.41) is 0.166. The topological polar surface area (TPSA) is 17.8 Å². The van der Waals surface area contributed by atoms with Gasteiger partial charge in [-0.1, -0.05) is 35.9 Å². The van der Waals surface area contributed by atoms with Crippen LogP contribution in [-0.2, 0) is 6.54 Å². The van der Waals surface area contributed by atoms with Gasteiger partial charge in [-0.25, -0.2) is 9.37 Å². The summed E-state index contributed by atoms with van der Waals surface area (Å²) < 4.78 is 16.6. The van der Waals surface area contributed by atoms with Gasteiger partial charge < -0.3 is 4.57 Å². The van der Waals surface area contributed by atoms with E-state index in [0.717, 1.165) is 20.5 Å². The van der Waals surface area contributed by atoms with E-state index in [4.69, 9.17) is 11.6 Å². The lowest BCUT2D eigenvalue weighted by atomic mass is 10.2. The van der Waals surface area contributed by atoms with E-state index in [1.807, 2.05) is 35.0 Å². The van der Waals surface area contributed by atoms with Gasteiger partial charge in [0.2, 0.25) is 0 Å². The van der Waals surface area contributed by atoms with Gasteiger partial charge in [-0.3, -0.25) is 0 Å². The highest BCUT2D eigenvalue weighted by Gasteiger charge is 2.10. The second-order valence-corrected chi connectivity index (χ2v) is 6.23. The summed E-state index contributed by atoms with van der Waals surface area (Å²) in [6.45, 7) is 0.484. The number of halogens is 3. The number of aromatic nitrogens is 2. The molecular weight excluding hydrogens is 402 g/mol. The Morgan fingerprint density at radius 3 is 2.81 bits per heavy atom. The van der Waals surface area contributed by atoms with Crippen LogP contribution in [0.1, 0.15) is 5.56 Å². The van der Waals surface area contributed by atoms with E-state index in [9.17, 15) is 4.39 Å². The molecule has 0 spiro atoms. The van der Waals surface area contributed by atoms with Gasteiger partial charge in [-0.2, -0.15) is 0 Å². The molecule has 106 valence electrons. The molecule has 0 radical (unpaired) electrons. The summed E-state index contributed by atoms with van der Waals surface area (Å²) >= 11 is 8.29. The van der Waals surface area contributed by atoms with Crippen LogP contribution in [0.2, 0.25) is 5.02 Å². The molecule has 0 atom stereocenters. The number of imidazole rings is 1. The summed E-state index contributed by atoms with van der Waals surface area (Å²) in [5.41, 5.74) is 1.76. The highest BCUT2D eigenvalue weighted by Crippen LogP contribution is 2.24. The summed E-state index contributed by atoms with van der Waals surface area (Å²) in [5.74, 6) is 0.443. The van der Waals surface area contributed by atoms with Crippen LogP contribution >= 0.6 is 34.2 Å². The number of hydrogen-bond acceptors (Lipinski definition) is 1. The van der Waals surface area contributed by atoms with E-state index in [-0.39, 0.29) is 5.02 Å². The highest BCUT2D eigenvalue weighted by atomic mass is 127. The first kappa shape index (κ1) is 14.5. The van der Waals surface area contributed by atoms with Gasteiger partial charge in [-0.15, -0.1) is 0 Å². The fourth-order valence-corrected chi connectivity index (χ4v) is 2.91. The Hall–Kier alpha value is -1.40. The van der Waals surface area contributed by atoms with Crippen LogP contribution in [0.15, 0.2) is 54.9 Å². The normalized spacial score (nSPS) is 10.8. The molecule has 1 aromatic heterocycles. The van der Waals surface area contributed by atoms with E-state index >= 15 is 0 Å². The second-order valence-electron chi connectivity index (χ2n) is 4.60. The van der Waals surface area contributed by atoms with E-state index < -0.39 is 5.82 Å². The molecule has 1 heterocycles. The molecule has 3 aromatic rings. The predicted octanol–water partition coefficient (Wildman–Crippen LogP) is 5.00. The van der Waals surface area contributed by atoms with Crippen molar-refractivity contribution in [3.05, 3.63) is 74.8 Å². The Balaban J connectivity index is 1.98. The molecule has 0 amide bonds. The van der Waals surface area contributed by atoms with Crippen molar-refractivity contribution in [3.8, 4) is 11.4 Å². The summed E-state index contributed by atoms with van der Waals surface area (Å²) in [7, 11) is 0. The third-order valence-corrected chi connectivity index (χ3v) is 4.26. The standard InChI is InChI=1S/C16H11ClFIN2/c17-15-12(4-2-6-14(15)18)10-21-8-7-20-16(21)11-3-1-5-13(19)9-11/h1-9H,10H2. The first-order chi connectivity index (χ1) is 10.1. The van der Waals surface area contributed by atoms with Crippen LogP contribution in [0.4, 0.5) is 4.39 Å². The first-order valence-electron chi connectivity index (χ1n) is 6.35. The lowest BCUT2D eigenvalue weighted by Gasteiger charge is -2.10. The van der Waals surface area contributed by atoms with E-state index in [1.165, 1.54) is 6.07 Å². The van der Waals surface area contributed by atoms with Crippen LogP contribution in [0.25, 0.3) is 11.4 Å². The number of benzene rings is 2. The molecular formula is C16H11ClFIN2. The van der Waals surface area contributed by atoms with E-state index in [0.29, 0.717) is 6.54 Å². The fraction of sp³-hybridized carbons (Fsp3) is 0.0625. The minimum absolute atomic E-state index is 0.166. The summed E-state index contributed by atoms with van der Waals surface area (Å²) in [4.78, 5) is 4.40. The minimum atomic E-state index is -0.398. The summed E-state index contributed by atoms with van der Waals surface area (Å²) in [6.07, 6.45) is 3.61. The summed E-state index contributed by atoms with van der Waals surface area (Å²) in [6, 6.07) is 12.9. The molecule has 0 aliphatic carbocycles. The Morgan fingerprint density at radius 1 is 1.19 bits per heavy atom. The molecule has 0 unspecified atom stereocenters. The third-order valence-electron chi connectivity index (χ3n) is 3.17. The maximum absolute atomic E-state index is 13.5. The van der Waals surface area contributed by atoms with Crippen LogP contribution in [0.5, 0.6) is 0 Å². The molecule has 0 bridgehead atoms. The van der Waals surface area contributed by atoms with Gasteiger partial charge in [-0.05, 0) is 46.4 Å². The average molecular weight is 413 g/mol. The zero-order valence-electron chi connectivity index (χ0n) is 10.9. The van der Waals surface area contributed by atoms with Crippen molar-refractivity contribution in [3.63, 3.8) is 0 Å². The smallest absolute Gasteiger partial charge is 0.142 e. The monoisotopic (exact) mass is 412 g/mol. The van der Waals surface area contributed by atoms with Crippen LogP contribution < -0.4 is 0 Å². The molecule has 0 aliphatic rings. The molecule has 0 saturated carbocycles. The van der Waals surface area contributed by atoms with Gasteiger partial charge in [0, 0.05) is 21.5 Å². The Labute approximate surface area is 140 Å². The lowest BCUT2D eigenvalue weighted by molar-refractivity contribution is 0.624. The van der Waals surface area contributed by atoms with Gasteiger partial charge in [0.05, 0.1) is 11.6 Å². The number of nitrogens with zero attached hydrogens (tertiary/aromatic N) is 2. The molecule has 2 nitrogen and oxygen atoms in total. The maximum atomic E-state index is 13.5. The zero-order chi connectivity index (χ0) is 14.8. The van der Waals surface area contributed by atoms with Crippen LogP contribution in [0.3, 0.4) is 0 Å². The van der Waals surface area contributed by atoms with E-state index in [1.54, 1.807) is 12.3 Å². The third kappa shape index (κ3) is 3.11. The van der Waals surface area contributed by atoms with Crippen molar-refractivity contribution in [2.24, 2.45) is 0 Å². The highest BCUT2D eigenvalue weighted by molar-refractivity contribution is 14.1. The first-order valence-corrected chi connectivity index (χ1v) is 7.81. The fourth-order valence-electron chi connectivity index (χ4n) is 2.18. The second kappa shape index (κ2) is 6.15. The van der Waals surface area contributed by atoms with Gasteiger partial charge >= 0.3 is 0 Å². The van der Waals surface area contributed by atoms with E-state index in [2.05, 4.69) is 33.6 Å². The molecule has 5 heteroatoms. The maximum Gasteiger partial charge on any atom is 0.142 e. The molecule has 2 aromatic carbocycles. The van der Waals surface area contributed by atoms with Crippen molar-refractivity contribution >= 4 is 34.2 Å². The average Bonchev–Trinajstić information content (AvgIpc) is 2.92. The number of hydrogen-bond donors (Lipinski definition) is 0. The largest absolute Gasteiger partial charge is 0.327 e. The molecule has 0 aliphatic heterocycles. The lowest BCUT2D eigenvalue weighted by Crippen LogP contribution is -2.02. The van der Waals surface area contributed by atoms with Crippen LogP contribution in [-0.4, -0.2) is 9.55 Å². The predicted molar refractivity (Wildman–Crippen MR) is 90.9 cm³/mol. The van der Waals surface area contributed by atoms with Crippen molar-refractivity contribution in [1.82, 2.24) is 9.55 Å². The van der Waals surface area contributed by atoms with Gasteiger partial charge in [0.1, 0.15) is 11.6 Å². The van der Waals surface area contributed by atoms with Gasteiger partial charge in [0.15, 0.2) is 0 Å². The quantitative estimate of drug-likeness (QED) is 0.554. The van der Waals surface area contributed by atoms with Crippen molar-refractivity contribution in [2.45, 2.75) is 6.54 Å². The molecule has 0 saturated heterocycles. The van der Waals surface area contributed by atoms with Crippen LogP contribution in [0, 0.1) is 9.39 Å². The Morgan fingerprint density at radius 2 is 2.00 bits per heavy atom. The van der Waals surface area contributed by atoms with Crippen molar-refractivity contribution < 1.29 is 4.39 Å². The SMILES string of the molecule is Fc1cccc(Cn2ccnc2-c2cccc(I)c2)c1Cl. The molecule has 0 fully saturated rings. The Bertz CT molecular complexity index is 785. The molecule has 3 rings (SSSR count). The number of rotatable bonds is 3. The minimum Gasteiger partial charge on any atom is -0.327 e. The van der Waals surface area contributed by atoms with Crippen molar-refractivity contribution in [1.29, 1.82) is 0 Å². The molecule has 21 heavy (non-hydrogen) atoms. The van der Waals surface area contributed by atoms with Gasteiger partial charge in [0.25, 0.3) is 0 Å². The molecule has 0 N–H and O–H groups in total. The van der Waals surface area contributed by atoms with Crippen molar-refractivity contribution in [2.75, 3.05) is 0 Å². The zero-order valence-corrected chi connectivity index (χ0v) is 13.8.